The Balaban J connectivity index is 1.68. The van der Waals surface area contributed by atoms with Crippen molar-refractivity contribution in [1.82, 2.24) is 19.5 Å². The van der Waals surface area contributed by atoms with Gasteiger partial charge in [-0.3, -0.25) is 4.57 Å². The van der Waals surface area contributed by atoms with Crippen LogP contribution in [-0.2, 0) is 13.1 Å². The predicted octanol–water partition coefficient (Wildman–Crippen LogP) is 2.89. The molecular weight excluding hydrogens is 352 g/mol. The van der Waals surface area contributed by atoms with Crippen LogP contribution < -0.4 is 10.6 Å². The minimum absolute atomic E-state index is 0.0224. The van der Waals surface area contributed by atoms with Gasteiger partial charge in [0.1, 0.15) is 5.52 Å². The van der Waals surface area contributed by atoms with Crippen LogP contribution in [0.1, 0.15) is 11.1 Å². The van der Waals surface area contributed by atoms with Crippen molar-refractivity contribution in [3.05, 3.63) is 78.0 Å². The second-order valence-corrected chi connectivity index (χ2v) is 6.40. The van der Waals surface area contributed by atoms with E-state index < -0.39 is 0 Å². The van der Waals surface area contributed by atoms with Crippen molar-refractivity contribution in [2.75, 3.05) is 23.8 Å². The lowest BCUT2D eigenvalue weighted by Gasteiger charge is -2.11. The molecule has 0 aliphatic carbocycles. The van der Waals surface area contributed by atoms with Crippen LogP contribution in [0.4, 0.5) is 11.9 Å². The fraction of sp³-hybridized carbons (Fsp3) is 0.190. The Morgan fingerprint density at radius 1 is 0.857 bits per heavy atom. The third-order valence-corrected chi connectivity index (χ3v) is 4.36. The Hall–Kier alpha value is -3.45. The molecule has 3 N–H and O–H groups in total. The Bertz CT molecular complexity index is 1030. The van der Waals surface area contributed by atoms with Crippen molar-refractivity contribution in [2.45, 2.75) is 13.1 Å². The van der Waals surface area contributed by atoms with Crippen molar-refractivity contribution in [3.63, 3.8) is 0 Å². The quantitative estimate of drug-likeness (QED) is 0.440. The molecule has 4 aromatic rings. The van der Waals surface area contributed by atoms with E-state index in [0.717, 1.165) is 22.7 Å². The summed E-state index contributed by atoms with van der Waals surface area (Å²) in [6.07, 6.45) is 1.71. The first-order valence-electron chi connectivity index (χ1n) is 9.23. The summed E-state index contributed by atoms with van der Waals surface area (Å²) >= 11 is 0. The minimum atomic E-state index is 0.0224. The van der Waals surface area contributed by atoms with Crippen LogP contribution in [0.2, 0.25) is 0 Å². The van der Waals surface area contributed by atoms with Gasteiger partial charge in [-0.05, 0) is 11.1 Å². The fourth-order valence-electron chi connectivity index (χ4n) is 3.00. The predicted molar refractivity (Wildman–Crippen MR) is 110 cm³/mol. The molecule has 0 bridgehead atoms. The van der Waals surface area contributed by atoms with Gasteiger partial charge >= 0.3 is 0 Å². The van der Waals surface area contributed by atoms with Crippen LogP contribution in [0.5, 0.6) is 0 Å². The lowest BCUT2D eigenvalue weighted by Crippen LogP contribution is -2.11. The molecule has 142 valence electrons. The van der Waals surface area contributed by atoms with Crippen LogP contribution >= 0.6 is 0 Å². The second-order valence-electron chi connectivity index (χ2n) is 6.40. The molecule has 0 saturated carbocycles. The number of nitrogens with zero attached hydrogens (tertiary/aromatic N) is 4. The molecule has 4 rings (SSSR count). The SMILES string of the molecule is OCCNc1ncc2nc(NCc3ccccc3)n(Cc3ccccc3)c2n1. The zero-order valence-electron chi connectivity index (χ0n) is 15.4. The van der Waals surface area contributed by atoms with Gasteiger partial charge in [-0.15, -0.1) is 0 Å². The van der Waals surface area contributed by atoms with Gasteiger partial charge in [-0.2, -0.15) is 4.98 Å². The van der Waals surface area contributed by atoms with Crippen molar-refractivity contribution in [3.8, 4) is 0 Å². The molecule has 0 atom stereocenters. The second kappa shape index (κ2) is 8.49. The van der Waals surface area contributed by atoms with Gasteiger partial charge < -0.3 is 15.7 Å². The van der Waals surface area contributed by atoms with Crippen molar-refractivity contribution >= 4 is 23.1 Å². The first-order chi connectivity index (χ1) is 13.8. The van der Waals surface area contributed by atoms with Crippen LogP contribution in [-0.4, -0.2) is 37.8 Å². The number of aliphatic hydroxyl groups is 1. The Kier molecular flexibility index (Phi) is 5.44. The molecule has 0 fully saturated rings. The van der Waals surface area contributed by atoms with Gasteiger partial charge in [0.25, 0.3) is 0 Å². The molecule has 0 radical (unpaired) electrons. The largest absolute Gasteiger partial charge is 0.395 e. The number of benzene rings is 2. The summed E-state index contributed by atoms with van der Waals surface area (Å²) in [6, 6.07) is 20.4. The fourth-order valence-corrected chi connectivity index (χ4v) is 3.00. The molecule has 0 spiro atoms. The third-order valence-electron chi connectivity index (χ3n) is 4.36. The number of fused-ring (bicyclic) bond motifs is 1. The number of imidazole rings is 1. The van der Waals surface area contributed by atoms with Crippen molar-refractivity contribution < 1.29 is 5.11 Å². The summed E-state index contributed by atoms with van der Waals surface area (Å²) in [5.41, 5.74) is 3.81. The van der Waals surface area contributed by atoms with Crippen LogP contribution in [0.15, 0.2) is 66.9 Å². The molecule has 7 heteroatoms. The van der Waals surface area contributed by atoms with E-state index in [1.165, 1.54) is 5.56 Å². The summed E-state index contributed by atoms with van der Waals surface area (Å²) < 4.78 is 2.05. The van der Waals surface area contributed by atoms with E-state index in [9.17, 15) is 0 Å². The topological polar surface area (TPSA) is 87.9 Å². The zero-order valence-corrected chi connectivity index (χ0v) is 15.4. The molecular formula is C21H22N6O. The number of aliphatic hydroxyl groups excluding tert-OH is 1. The van der Waals surface area contributed by atoms with Crippen molar-refractivity contribution in [2.24, 2.45) is 0 Å². The highest BCUT2D eigenvalue weighted by Gasteiger charge is 2.14. The monoisotopic (exact) mass is 374 g/mol. The van der Waals surface area contributed by atoms with Gasteiger partial charge in [-0.25, -0.2) is 9.97 Å². The lowest BCUT2D eigenvalue weighted by molar-refractivity contribution is 0.311. The van der Waals surface area contributed by atoms with Crippen LogP contribution in [0, 0.1) is 0 Å². The first kappa shape index (κ1) is 17.9. The number of nitrogens with one attached hydrogen (secondary N) is 2. The van der Waals surface area contributed by atoms with E-state index in [1.54, 1.807) is 6.20 Å². The van der Waals surface area contributed by atoms with E-state index in [-0.39, 0.29) is 6.61 Å². The highest BCUT2D eigenvalue weighted by Crippen LogP contribution is 2.21. The maximum absolute atomic E-state index is 9.03. The van der Waals surface area contributed by atoms with Gasteiger partial charge in [0, 0.05) is 13.1 Å². The number of hydrogen-bond donors (Lipinski definition) is 3. The normalized spacial score (nSPS) is 10.9. The van der Waals surface area contributed by atoms with Crippen LogP contribution in [0.25, 0.3) is 11.2 Å². The standard InChI is InChI=1S/C21H22N6O/c28-12-11-22-20-23-14-18-19(26-20)27(15-17-9-5-2-6-10-17)21(25-18)24-13-16-7-3-1-4-8-16/h1-10,14,28H,11-13,15H2,(H,24,25)(H,22,23,26). The summed E-state index contributed by atoms with van der Waals surface area (Å²) in [5, 5.41) is 15.5. The molecule has 2 heterocycles. The maximum atomic E-state index is 9.03. The molecule has 0 aliphatic rings. The van der Waals surface area contributed by atoms with E-state index in [2.05, 4.69) is 49.4 Å². The minimum Gasteiger partial charge on any atom is -0.395 e. The maximum Gasteiger partial charge on any atom is 0.224 e. The highest BCUT2D eigenvalue weighted by atomic mass is 16.3. The lowest BCUT2D eigenvalue weighted by atomic mass is 10.2. The third kappa shape index (κ3) is 4.10. The van der Waals surface area contributed by atoms with E-state index in [0.29, 0.717) is 25.6 Å². The number of aromatic nitrogens is 4. The van der Waals surface area contributed by atoms with Gasteiger partial charge in [0.2, 0.25) is 11.9 Å². The molecule has 7 nitrogen and oxygen atoms in total. The summed E-state index contributed by atoms with van der Waals surface area (Å²) in [7, 11) is 0. The molecule has 0 unspecified atom stereocenters. The average molecular weight is 374 g/mol. The molecule has 2 aromatic heterocycles. The summed E-state index contributed by atoms with van der Waals surface area (Å²) in [5.74, 6) is 1.22. The van der Waals surface area contributed by atoms with Gasteiger partial charge in [0.05, 0.1) is 19.3 Å². The molecule has 0 amide bonds. The van der Waals surface area contributed by atoms with Gasteiger partial charge in [-0.1, -0.05) is 60.7 Å². The molecule has 0 saturated heterocycles. The van der Waals surface area contributed by atoms with Crippen LogP contribution in [0.3, 0.4) is 0 Å². The van der Waals surface area contributed by atoms with Crippen molar-refractivity contribution in [1.29, 1.82) is 0 Å². The first-order valence-corrected chi connectivity index (χ1v) is 9.23. The Labute approximate surface area is 163 Å². The average Bonchev–Trinajstić information content (AvgIpc) is 3.09. The molecule has 2 aromatic carbocycles. The smallest absolute Gasteiger partial charge is 0.224 e. The van der Waals surface area contributed by atoms with E-state index >= 15 is 0 Å². The van der Waals surface area contributed by atoms with Gasteiger partial charge in [0.15, 0.2) is 5.65 Å². The summed E-state index contributed by atoms with van der Waals surface area (Å²) in [4.78, 5) is 13.6. The number of anilines is 2. The molecule has 28 heavy (non-hydrogen) atoms. The van der Waals surface area contributed by atoms with E-state index in [4.69, 9.17) is 10.1 Å². The Morgan fingerprint density at radius 2 is 1.57 bits per heavy atom. The number of hydrogen-bond acceptors (Lipinski definition) is 6. The number of rotatable bonds is 8. The molecule has 0 aliphatic heterocycles. The summed E-state index contributed by atoms with van der Waals surface area (Å²) in [6.45, 7) is 1.74. The van der Waals surface area contributed by atoms with E-state index in [1.807, 2.05) is 36.4 Å². The highest BCUT2D eigenvalue weighted by molar-refractivity contribution is 5.75. The zero-order chi connectivity index (χ0) is 19.2. The Morgan fingerprint density at radius 3 is 2.29 bits per heavy atom.